The van der Waals surface area contributed by atoms with Gasteiger partial charge in [-0.15, -0.1) is 0 Å². The monoisotopic (exact) mass is 476 g/mol. The summed E-state index contributed by atoms with van der Waals surface area (Å²) in [5, 5.41) is 0. The third kappa shape index (κ3) is 10.9. The van der Waals surface area contributed by atoms with Gasteiger partial charge in [-0.25, -0.2) is 0 Å². The van der Waals surface area contributed by atoms with Crippen molar-refractivity contribution < 1.29 is 0 Å². The summed E-state index contributed by atoms with van der Waals surface area (Å²) in [4.78, 5) is 0. The van der Waals surface area contributed by atoms with Crippen molar-refractivity contribution in [1.82, 2.24) is 0 Å². The summed E-state index contributed by atoms with van der Waals surface area (Å²) in [7, 11) is 0. The number of benzene rings is 1. The molecule has 188 valence electrons. The van der Waals surface area contributed by atoms with Gasteiger partial charge in [0.2, 0.25) is 0 Å². The van der Waals surface area contributed by atoms with E-state index in [1.165, 1.54) is 34.3 Å². The molecule has 0 bridgehead atoms. The van der Waals surface area contributed by atoms with Gasteiger partial charge in [-0.2, -0.15) is 0 Å². The summed E-state index contributed by atoms with van der Waals surface area (Å²) in [6.07, 6.45) is 34.4. The standard InChI is InChI=1S/C36H44/c1-7-8-9-10-13-20-33-23-25-35(26-24-33)36(28-32(6)34-21-14-11-12-15-22-34)27-31(5)30(4)19-17-16-18-29(2)3/h7-11,13-14,16-19,21,23-30H,1,5,12,15,20,22H2,2-4,6H3/b9-8-,13-10-,18-16-,19-17-,32-28+,36-27+. The molecule has 0 heteroatoms. The zero-order valence-electron chi connectivity index (χ0n) is 22.8. The van der Waals surface area contributed by atoms with Crippen LogP contribution in [0.5, 0.6) is 0 Å². The highest BCUT2D eigenvalue weighted by Gasteiger charge is 2.08. The quantitative estimate of drug-likeness (QED) is 0.263. The summed E-state index contributed by atoms with van der Waals surface area (Å²) in [5.41, 5.74) is 7.58. The Morgan fingerprint density at radius 1 is 0.944 bits per heavy atom. The van der Waals surface area contributed by atoms with Crippen molar-refractivity contribution in [2.24, 2.45) is 11.8 Å². The van der Waals surface area contributed by atoms with Crippen LogP contribution in [-0.4, -0.2) is 0 Å². The van der Waals surface area contributed by atoms with Crippen LogP contribution >= 0.6 is 0 Å². The zero-order chi connectivity index (χ0) is 26.2. The van der Waals surface area contributed by atoms with E-state index in [4.69, 9.17) is 0 Å². The van der Waals surface area contributed by atoms with Gasteiger partial charge in [0.15, 0.2) is 0 Å². The molecule has 36 heavy (non-hydrogen) atoms. The highest BCUT2D eigenvalue weighted by molar-refractivity contribution is 5.77. The SMILES string of the molecule is C=C/C=C\C=C/Cc1ccc(C(/C=C(\C)C2=CC=CCCC2)=C/C(=C)C(C)/C=C\C=C/C(C)C)cc1. The van der Waals surface area contributed by atoms with Crippen LogP contribution in [0.4, 0.5) is 0 Å². The predicted molar refractivity (Wildman–Crippen MR) is 163 cm³/mol. The van der Waals surface area contributed by atoms with Gasteiger partial charge >= 0.3 is 0 Å². The summed E-state index contributed by atoms with van der Waals surface area (Å²) in [5.74, 6) is 0.821. The molecule has 0 aliphatic heterocycles. The van der Waals surface area contributed by atoms with Gasteiger partial charge < -0.3 is 0 Å². The van der Waals surface area contributed by atoms with E-state index in [0.717, 1.165) is 24.8 Å². The highest BCUT2D eigenvalue weighted by Crippen LogP contribution is 2.27. The maximum atomic E-state index is 4.42. The average Bonchev–Trinajstić information content (AvgIpc) is 3.16. The highest BCUT2D eigenvalue weighted by atomic mass is 14.1. The third-order valence-electron chi connectivity index (χ3n) is 6.20. The van der Waals surface area contributed by atoms with Gasteiger partial charge in [0.25, 0.3) is 0 Å². The molecule has 2 rings (SSSR count). The molecule has 0 amide bonds. The Morgan fingerprint density at radius 3 is 2.42 bits per heavy atom. The van der Waals surface area contributed by atoms with Crippen molar-refractivity contribution in [3.63, 3.8) is 0 Å². The topological polar surface area (TPSA) is 0 Å². The largest absolute Gasteiger partial charge is 0.0991 e. The first-order valence-corrected chi connectivity index (χ1v) is 13.2. The van der Waals surface area contributed by atoms with Gasteiger partial charge in [0.05, 0.1) is 0 Å². The Bertz CT molecular complexity index is 1090. The first kappa shape index (κ1) is 28.9. The molecule has 1 aliphatic rings. The van der Waals surface area contributed by atoms with Crippen LogP contribution in [0.1, 0.15) is 58.1 Å². The number of hydrogen-bond donors (Lipinski definition) is 0. The molecule has 1 aromatic rings. The molecule has 1 unspecified atom stereocenters. The molecule has 0 radical (unpaired) electrons. The fourth-order valence-corrected chi connectivity index (χ4v) is 3.87. The number of allylic oxidation sites excluding steroid dienone is 18. The Balaban J connectivity index is 2.31. The van der Waals surface area contributed by atoms with Gasteiger partial charge in [0.1, 0.15) is 0 Å². The normalized spacial score (nSPS) is 16.4. The molecular formula is C36H44. The van der Waals surface area contributed by atoms with Gasteiger partial charge in [0, 0.05) is 0 Å². The zero-order valence-corrected chi connectivity index (χ0v) is 22.8. The van der Waals surface area contributed by atoms with E-state index < -0.39 is 0 Å². The minimum Gasteiger partial charge on any atom is -0.0991 e. The molecular weight excluding hydrogens is 432 g/mol. The van der Waals surface area contributed by atoms with Crippen LogP contribution in [0.15, 0.2) is 139 Å². The van der Waals surface area contributed by atoms with E-state index >= 15 is 0 Å². The molecule has 0 fully saturated rings. The Kier molecular flexibility index (Phi) is 13.1. The molecule has 1 aliphatic carbocycles. The molecule has 0 N–H and O–H groups in total. The second kappa shape index (κ2) is 16.3. The molecule has 0 heterocycles. The number of rotatable bonds is 12. The van der Waals surface area contributed by atoms with Crippen LogP contribution in [0.3, 0.4) is 0 Å². The summed E-state index contributed by atoms with van der Waals surface area (Å²) < 4.78 is 0. The number of hydrogen-bond acceptors (Lipinski definition) is 0. The maximum Gasteiger partial charge on any atom is -0.00130 e. The smallest absolute Gasteiger partial charge is 0.00130 e. The van der Waals surface area contributed by atoms with Crippen molar-refractivity contribution in [3.05, 3.63) is 150 Å². The van der Waals surface area contributed by atoms with Gasteiger partial charge in [-0.1, -0.05) is 143 Å². The first-order valence-electron chi connectivity index (χ1n) is 13.2. The Labute approximate surface area is 220 Å². The lowest BCUT2D eigenvalue weighted by atomic mass is 9.93. The second-order valence-corrected chi connectivity index (χ2v) is 9.77. The van der Waals surface area contributed by atoms with E-state index in [1.54, 1.807) is 6.08 Å². The van der Waals surface area contributed by atoms with Crippen molar-refractivity contribution in [1.29, 1.82) is 0 Å². The summed E-state index contributed by atoms with van der Waals surface area (Å²) in [6, 6.07) is 8.92. The molecule has 0 aromatic heterocycles. The Hall–Kier alpha value is -3.38. The molecule has 1 aromatic carbocycles. The fourth-order valence-electron chi connectivity index (χ4n) is 3.87. The summed E-state index contributed by atoms with van der Waals surface area (Å²) in [6.45, 7) is 17.0. The van der Waals surface area contributed by atoms with Crippen molar-refractivity contribution in [2.45, 2.75) is 53.4 Å². The molecule has 0 spiro atoms. The lowest BCUT2D eigenvalue weighted by Crippen LogP contribution is -1.94. The van der Waals surface area contributed by atoms with E-state index in [0.29, 0.717) is 5.92 Å². The van der Waals surface area contributed by atoms with Crippen molar-refractivity contribution >= 4 is 5.57 Å². The molecule has 0 saturated heterocycles. The second-order valence-electron chi connectivity index (χ2n) is 9.77. The van der Waals surface area contributed by atoms with E-state index in [-0.39, 0.29) is 5.92 Å². The van der Waals surface area contributed by atoms with E-state index in [1.807, 2.05) is 12.2 Å². The average molecular weight is 477 g/mol. The lowest BCUT2D eigenvalue weighted by Gasteiger charge is -2.12. The van der Waals surface area contributed by atoms with Crippen LogP contribution in [0, 0.1) is 11.8 Å². The van der Waals surface area contributed by atoms with Crippen LogP contribution < -0.4 is 0 Å². The lowest BCUT2D eigenvalue weighted by molar-refractivity contribution is 0.831. The van der Waals surface area contributed by atoms with Crippen molar-refractivity contribution in [2.75, 3.05) is 0 Å². The maximum absolute atomic E-state index is 4.42. The summed E-state index contributed by atoms with van der Waals surface area (Å²) >= 11 is 0. The van der Waals surface area contributed by atoms with Crippen LogP contribution in [0.2, 0.25) is 0 Å². The molecule has 1 atom stereocenters. The van der Waals surface area contributed by atoms with E-state index in [9.17, 15) is 0 Å². The minimum atomic E-state index is 0.263. The van der Waals surface area contributed by atoms with Gasteiger partial charge in [-0.05, 0) is 77.9 Å². The van der Waals surface area contributed by atoms with Crippen LogP contribution in [-0.2, 0) is 6.42 Å². The molecule has 0 nitrogen and oxygen atoms in total. The van der Waals surface area contributed by atoms with E-state index in [2.05, 4.69) is 132 Å². The predicted octanol–water partition coefficient (Wildman–Crippen LogP) is 10.5. The minimum absolute atomic E-state index is 0.263. The van der Waals surface area contributed by atoms with Gasteiger partial charge in [-0.3, -0.25) is 0 Å². The van der Waals surface area contributed by atoms with Crippen molar-refractivity contribution in [3.8, 4) is 0 Å². The Morgan fingerprint density at radius 2 is 1.69 bits per heavy atom. The van der Waals surface area contributed by atoms with Crippen LogP contribution in [0.25, 0.3) is 5.57 Å². The first-order chi connectivity index (χ1) is 17.4. The third-order valence-corrected chi connectivity index (χ3v) is 6.20. The fraction of sp³-hybridized carbons (Fsp3) is 0.278. The molecule has 0 saturated carbocycles.